The molecule has 0 aromatic heterocycles. The van der Waals surface area contributed by atoms with E-state index >= 15 is 0 Å². The fourth-order valence-corrected chi connectivity index (χ4v) is 0.803. The molecular formula is H2Cl4O3P2. The lowest BCUT2D eigenvalue weighted by Gasteiger charge is -1.87. The minimum atomic E-state index is -3.55. The first-order chi connectivity index (χ1) is 3.06. The van der Waals surface area contributed by atoms with Crippen LogP contribution in [0.1, 0.15) is 0 Å². The Labute approximate surface area is 75.6 Å². The summed E-state index contributed by atoms with van der Waals surface area (Å²) in [6.45, 7) is 0. The van der Waals surface area contributed by atoms with Crippen molar-refractivity contribution in [3.63, 3.8) is 0 Å². The predicted octanol–water partition coefficient (Wildman–Crippen LogP) is 3.64. The highest BCUT2D eigenvalue weighted by Gasteiger charge is 2.13. The van der Waals surface area contributed by atoms with Crippen LogP contribution in [0.15, 0.2) is 0 Å². The third-order valence-electron chi connectivity index (χ3n) is 0.128. The second-order valence-electron chi connectivity index (χ2n) is 0.571. The van der Waals surface area contributed by atoms with E-state index in [1.54, 1.807) is 0 Å². The average molecular weight is 254 g/mol. The van der Waals surface area contributed by atoms with Gasteiger partial charge in [0.15, 0.2) is 0 Å². The average Bonchev–Trinajstić information content (AvgIpc) is 1.30. The van der Waals surface area contributed by atoms with Crippen molar-refractivity contribution in [1.82, 2.24) is 0 Å². The molecule has 3 nitrogen and oxygen atoms in total. The van der Waals surface area contributed by atoms with Gasteiger partial charge in [0.05, 0.1) is 0 Å². The number of hydrogen-bond donors (Lipinski definition) is 0. The van der Waals surface area contributed by atoms with Crippen LogP contribution in [0.5, 0.6) is 0 Å². The summed E-state index contributed by atoms with van der Waals surface area (Å²) in [4.78, 5) is 0. The van der Waals surface area contributed by atoms with Gasteiger partial charge in [-0.3, -0.25) is 4.57 Å². The van der Waals surface area contributed by atoms with Crippen molar-refractivity contribution >= 4 is 62.1 Å². The Hall–Kier alpha value is 1.45. The van der Waals surface area contributed by atoms with Gasteiger partial charge in [0.25, 0.3) is 0 Å². The van der Waals surface area contributed by atoms with Crippen molar-refractivity contribution in [2.75, 3.05) is 0 Å². The largest absolute Gasteiger partial charge is 0.390 e. The quantitative estimate of drug-likeness (QED) is 0.706. The molecule has 0 N–H and O–H groups in total. The van der Waals surface area contributed by atoms with Gasteiger partial charge in [-0.05, 0) is 22.5 Å². The van der Waals surface area contributed by atoms with Crippen molar-refractivity contribution in [1.29, 1.82) is 0 Å². The van der Waals surface area contributed by atoms with E-state index in [1.165, 1.54) is 0 Å². The molecule has 0 rings (SSSR count). The van der Waals surface area contributed by atoms with Gasteiger partial charge in [-0.25, -0.2) is 8.88 Å². The molecule has 0 saturated heterocycles. The van der Waals surface area contributed by atoms with E-state index in [2.05, 4.69) is 4.31 Å². The van der Waals surface area contributed by atoms with Gasteiger partial charge in [0, 0.05) is 0 Å². The Kier molecular flexibility index (Phi) is 14.1. The van der Waals surface area contributed by atoms with E-state index in [0.29, 0.717) is 0 Å². The molecule has 0 amide bonds. The van der Waals surface area contributed by atoms with Gasteiger partial charge in [-0.2, -0.15) is 0 Å². The minimum absolute atomic E-state index is 0. The summed E-state index contributed by atoms with van der Waals surface area (Å²) in [5, 5.41) is 0. The molecule has 0 heterocycles. The molecule has 58 valence electrons. The Morgan fingerprint density at radius 1 is 1.33 bits per heavy atom. The van der Waals surface area contributed by atoms with Gasteiger partial charge in [-0.1, -0.05) is 0 Å². The van der Waals surface area contributed by atoms with Crippen LogP contribution >= 0.6 is 62.1 Å². The van der Waals surface area contributed by atoms with Crippen LogP contribution in [0.25, 0.3) is 0 Å². The topological polar surface area (TPSA) is 43.4 Å². The van der Waals surface area contributed by atoms with Crippen LogP contribution in [0, 0.1) is 0 Å². The fourth-order valence-electron chi connectivity index (χ4n) is 0.0388. The lowest BCUT2D eigenvalue weighted by atomic mass is 15.8. The van der Waals surface area contributed by atoms with Crippen molar-refractivity contribution in [2.45, 2.75) is 0 Å². The molecule has 0 aliphatic rings. The molecule has 0 atom stereocenters. The van der Waals surface area contributed by atoms with E-state index in [0.717, 1.165) is 0 Å². The lowest BCUT2D eigenvalue weighted by Crippen LogP contribution is -1.49. The molecule has 9 heavy (non-hydrogen) atoms. The van der Waals surface area contributed by atoms with Crippen molar-refractivity contribution in [3.05, 3.63) is 0 Å². The first kappa shape index (κ1) is 16.8. The maximum atomic E-state index is 9.92. The van der Waals surface area contributed by atoms with Gasteiger partial charge < -0.3 is 0 Å². The van der Waals surface area contributed by atoms with Crippen molar-refractivity contribution in [3.8, 4) is 0 Å². The lowest BCUT2D eigenvalue weighted by molar-refractivity contribution is 0.507. The molecule has 0 bridgehead atoms. The highest BCUT2D eigenvalue weighted by molar-refractivity contribution is 8.06. The maximum Gasteiger partial charge on any atom is 0.390 e. The van der Waals surface area contributed by atoms with Gasteiger partial charge >= 0.3 is 14.8 Å². The first-order valence-electron chi connectivity index (χ1n) is 1.07. The summed E-state index contributed by atoms with van der Waals surface area (Å²) in [5.41, 5.74) is 0. The second kappa shape index (κ2) is 7.56. The van der Waals surface area contributed by atoms with Crippen molar-refractivity contribution in [2.24, 2.45) is 0 Å². The molecule has 0 aliphatic carbocycles. The number of halogens is 4. The third kappa shape index (κ3) is 17.7. The predicted molar refractivity (Wildman–Crippen MR) is 42.5 cm³/mol. The molecule has 0 spiro atoms. The summed E-state index contributed by atoms with van der Waals surface area (Å²) < 4.78 is 23.0. The first-order valence-corrected chi connectivity index (χ1v) is 5.23. The van der Waals surface area contributed by atoms with E-state index in [1.807, 2.05) is 0 Å². The summed E-state index contributed by atoms with van der Waals surface area (Å²) in [6, 6.07) is 0. The SMILES string of the molecule is Cl.Cl.O=POP(=O)(Cl)Cl. The van der Waals surface area contributed by atoms with Crippen molar-refractivity contribution < 1.29 is 13.4 Å². The van der Waals surface area contributed by atoms with Crippen LogP contribution < -0.4 is 0 Å². The molecule has 0 aromatic rings. The highest BCUT2D eigenvalue weighted by atomic mass is 35.9. The summed E-state index contributed by atoms with van der Waals surface area (Å²) in [6.07, 6.45) is -3.55. The molecule has 0 radical (unpaired) electrons. The normalized spacial score (nSPS) is 9.56. The Morgan fingerprint density at radius 3 is 1.67 bits per heavy atom. The molecule has 9 heteroatoms. The molecule has 0 fully saturated rings. The number of hydrogen-bond acceptors (Lipinski definition) is 3. The molecule has 0 saturated carbocycles. The minimum Gasteiger partial charge on any atom is -0.256 e. The van der Waals surface area contributed by atoms with E-state index in [-0.39, 0.29) is 24.8 Å². The maximum absolute atomic E-state index is 9.92. The highest BCUT2D eigenvalue weighted by Crippen LogP contribution is 2.59. The summed E-state index contributed by atoms with van der Waals surface area (Å²) >= 11 is 9.45. The molecule has 0 aromatic carbocycles. The van der Waals surface area contributed by atoms with Gasteiger partial charge in [0.1, 0.15) is 0 Å². The fraction of sp³-hybridized carbons (Fsp3) is 0. The zero-order valence-corrected chi connectivity index (χ0v) is 8.63. The standard InChI is InChI=1S/Cl2O3P2.2ClH/c1-7(2,4)5-6-3;;/h;2*1H. The van der Waals surface area contributed by atoms with E-state index in [9.17, 15) is 9.13 Å². The monoisotopic (exact) mass is 252 g/mol. The zero-order valence-electron chi connectivity index (χ0n) is 3.69. The third-order valence-corrected chi connectivity index (χ3v) is 2.27. The Balaban J connectivity index is -0.000000180. The zero-order chi connectivity index (χ0) is 5.91. The Morgan fingerprint density at radius 2 is 1.67 bits per heavy atom. The van der Waals surface area contributed by atoms with Crippen LogP contribution in [-0.2, 0) is 13.4 Å². The van der Waals surface area contributed by atoms with Gasteiger partial charge in [0.2, 0.25) is 0 Å². The van der Waals surface area contributed by atoms with Crippen LogP contribution in [0.3, 0.4) is 0 Å². The number of rotatable bonds is 2. The van der Waals surface area contributed by atoms with Crippen LogP contribution in [0.2, 0.25) is 0 Å². The smallest absolute Gasteiger partial charge is 0.256 e. The second-order valence-corrected chi connectivity index (χ2v) is 5.39. The summed E-state index contributed by atoms with van der Waals surface area (Å²) in [7, 11) is -0.768. The molecule has 0 aliphatic heterocycles. The summed E-state index contributed by atoms with van der Waals surface area (Å²) in [5.74, 6) is 0. The van der Waals surface area contributed by atoms with E-state index < -0.39 is 14.8 Å². The Bertz CT molecular complexity index is 106. The van der Waals surface area contributed by atoms with Crippen LogP contribution in [0.4, 0.5) is 0 Å². The van der Waals surface area contributed by atoms with E-state index in [4.69, 9.17) is 22.5 Å². The van der Waals surface area contributed by atoms with Crippen LogP contribution in [-0.4, -0.2) is 0 Å². The molecule has 0 unspecified atom stereocenters. The van der Waals surface area contributed by atoms with Gasteiger partial charge in [-0.15, -0.1) is 24.8 Å². The molecular weight excluding hydrogens is 252 g/mol.